The van der Waals surface area contributed by atoms with Gasteiger partial charge in [0.05, 0.1) is 12.2 Å². The molecule has 0 saturated carbocycles. The van der Waals surface area contributed by atoms with Gasteiger partial charge in [-0.15, -0.1) is 0 Å². The molecule has 1 aliphatic carbocycles. The SMILES string of the molecule is Cc1c(C(=O)N2CCC(C(N)=O)CC2)oc2c1-c1nn(Cc3cccc(Cl)c3)cc1CC2. The molecule has 0 atom stereocenters. The Morgan fingerprint density at radius 3 is 2.75 bits per heavy atom. The smallest absolute Gasteiger partial charge is 0.289 e. The van der Waals surface area contributed by atoms with Crippen molar-refractivity contribution in [3.8, 4) is 11.3 Å². The number of hydrogen-bond acceptors (Lipinski definition) is 4. The second kappa shape index (κ2) is 8.13. The molecule has 1 saturated heterocycles. The molecular formula is C24H25ClN4O3. The maximum Gasteiger partial charge on any atom is 0.289 e. The second-order valence-electron chi connectivity index (χ2n) is 8.65. The molecule has 1 aromatic carbocycles. The lowest BCUT2D eigenvalue weighted by molar-refractivity contribution is -0.123. The Bertz CT molecular complexity index is 1200. The van der Waals surface area contributed by atoms with Gasteiger partial charge in [-0.1, -0.05) is 23.7 Å². The highest BCUT2D eigenvalue weighted by atomic mass is 35.5. The summed E-state index contributed by atoms with van der Waals surface area (Å²) in [6, 6.07) is 7.76. The number of halogens is 1. The molecule has 0 spiro atoms. The fourth-order valence-corrected chi connectivity index (χ4v) is 4.99. The van der Waals surface area contributed by atoms with E-state index in [2.05, 4.69) is 6.20 Å². The Kier molecular flexibility index (Phi) is 5.29. The molecular weight excluding hydrogens is 428 g/mol. The second-order valence-corrected chi connectivity index (χ2v) is 9.09. The molecule has 2 aromatic heterocycles. The maximum absolute atomic E-state index is 13.2. The number of aromatic nitrogens is 2. The predicted octanol–water partition coefficient (Wildman–Crippen LogP) is 3.59. The number of primary amides is 1. The number of furan rings is 1. The Balaban J connectivity index is 1.40. The monoisotopic (exact) mass is 452 g/mol. The Hall–Kier alpha value is -3.06. The molecule has 166 valence electrons. The molecule has 0 unspecified atom stereocenters. The van der Waals surface area contributed by atoms with Crippen LogP contribution >= 0.6 is 11.6 Å². The normalized spacial score (nSPS) is 16.0. The number of nitrogens with two attached hydrogens (primary N) is 1. The third-order valence-corrected chi connectivity index (χ3v) is 6.76. The lowest BCUT2D eigenvalue weighted by Crippen LogP contribution is -2.41. The van der Waals surface area contributed by atoms with Gasteiger partial charge >= 0.3 is 0 Å². The van der Waals surface area contributed by atoms with Crippen LogP contribution in [-0.4, -0.2) is 39.6 Å². The zero-order chi connectivity index (χ0) is 22.4. The van der Waals surface area contributed by atoms with Crippen LogP contribution in [0.4, 0.5) is 0 Å². The number of aryl methyl sites for hydroxylation is 2. The minimum absolute atomic E-state index is 0.125. The van der Waals surface area contributed by atoms with Crippen LogP contribution in [0.5, 0.6) is 0 Å². The molecule has 2 amide bonds. The van der Waals surface area contributed by atoms with Crippen molar-refractivity contribution in [2.24, 2.45) is 11.7 Å². The van der Waals surface area contributed by atoms with E-state index in [-0.39, 0.29) is 17.7 Å². The van der Waals surface area contributed by atoms with E-state index in [0.717, 1.165) is 46.5 Å². The van der Waals surface area contributed by atoms with E-state index >= 15 is 0 Å². The Morgan fingerprint density at radius 1 is 1.25 bits per heavy atom. The average Bonchev–Trinajstić information content (AvgIpc) is 3.33. The molecule has 0 radical (unpaired) electrons. The average molecular weight is 453 g/mol. The van der Waals surface area contributed by atoms with E-state index < -0.39 is 0 Å². The fourth-order valence-electron chi connectivity index (χ4n) is 4.78. The molecule has 32 heavy (non-hydrogen) atoms. The summed E-state index contributed by atoms with van der Waals surface area (Å²) in [7, 11) is 0. The van der Waals surface area contributed by atoms with Crippen molar-refractivity contribution in [3.63, 3.8) is 0 Å². The van der Waals surface area contributed by atoms with E-state index in [4.69, 9.17) is 26.9 Å². The summed E-state index contributed by atoms with van der Waals surface area (Å²) in [5, 5.41) is 5.53. The van der Waals surface area contributed by atoms with Crippen molar-refractivity contribution in [1.29, 1.82) is 0 Å². The molecule has 8 heteroatoms. The van der Waals surface area contributed by atoms with Crippen molar-refractivity contribution in [3.05, 3.63) is 63.7 Å². The number of amides is 2. The van der Waals surface area contributed by atoms with E-state index in [9.17, 15) is 9.59 Å². The van der Waals surface area contributed by atoms with E-state index in [0.29, 0.717) is 43.3 Å². The van der Waals surface area contributed by atoms with Crippen LogP contribution in [0.25, 0.3) is 11.3 Å². The van der Waals surface area contributed by atoms with Crippen LogP contribution in [0.2, 0.25) is 5.02 Å². The molecule has 3 heterocycles. The summed E-state index contributed by atoms with van der Waals surface area (Å²) in [6.45, 7) is 3.57. The van der Waals surface area contributed by atoms with Crippen molar-refractivity contribution >= 4 is 23.4 Å². The first-order valence-electron chi connectivity index (χ1n) is 10.9. The van der Waals surface area contributed by atoms with Gasteiger partial charge in [0.2, 0.25) is 5.91 Å². The zero-order valence-corrected chi connectivity index (χ0v) is 18.7. The van der Waals surface area contributed by atoms with Gasteiger partial charge in [0, 0.05) is 47.8 Å². The first-order valence-corrected chi connectivity index (χ1v) is 11.3. The summed E-state index contributed by atoms with van der Waals surface area (Å²) in [5.74, 6) is 0.626. The molecule has 3 aromatic rings. The van der Waals surface area contributed by atoms with Gasteiger partial charge in [-0.05, 0) is 49.4 Å². The zero-order valence-electron chi connectivity index (χ0n) is 17.9. The van der Waals surface area contributed by atoms with Crippen LogP contribution < -0.4 is 5.73 Å². The molecule has 2 N–H and O–H groups in total. The van der Waals surface area contributed by atoms with Gasteiger partial charge in [-0.2, -0.15) is 5.10 Å². The van der Waals surface area contributed by atoms with Gasteiger partial charge in [-0.25, -0.2) is 0 Å². The number of piperidine rings is 1. The van der Waals surface area contributed by atoms with E-state index in [1.165, 1.54) is 0 Å². The largest absolute Gasteiger partial charge is 0.455 e. The van der Waals surface area contributed by atoms with E-state index in [1.54, 1.807) is 4.90 Å². The molecule has 1 aliphatic heterocycles. The van der Waals surface area contributed by atoms with Crippen LogP contribution in [0, 0.1) is 12.8 Å². The number of carbonyl (C=O) groups excluding carboxylic acids is 2. The van der Waals surface area contributed by atoms with Crippen LogP contribution in [0.3, 0.4) is 0 Å². The van der Waals surface area contributed by atoms with Gasteiger partial charge in [0.15, 0.2) is 5.76 Å². The van der Waals surface area contributed by atoms with Crippen LogP contribution in [0.1, 0.15) is 45.8 Å². The van der Waals surface area contributed by atoms with Gasteiger partial charge < -0.3 is 15.1 Å². The number of fused-ring (bicyclic) bond motifs is 3. The summed E-state index contributed by atoms with van der Waals surface area (Å²) in [5.41, 5.74) is 10.3. The van der Waals surface area contributed by atoms with Gasteiger partial charge in [0.25, 0.3) is 5.91 Å². The third kappa shape index (κ3) is 3.71. The Morgan fingerprint density at radius 2 is 2.03 bits per heavy atom. The van der Waals surface area contributed by atoms with Crippen molar-refractivity contribution < 1.29 is 14.0 Å². The van der Waals surface area contributed by atoms with Crippen molar-refractivity contribution in [2.45, 2.75) is 39.2 Å². The number of likely N-dealkylation sites (tertiary alicyclic amines) is 1. The Labute approximate surface area is 191 Å². The minimum Gasteiger partial charge on any atom is -0.455 e. The van der Waals surface area contributed by atoms with Gasteiger partial charge in [-0.3, -0.25) is 14.3 Å². The lowest BCUT2D eigenvalue weighted by atomic mass is 9.93. The number of hydrogen-bond donors (Lipinski definition) is 1. The standard InChI is InChI=1S/C24H25ClN4O3/c1-14-20-19(32-22(14)24(31)28-9-7-16(8-10-28)23(26)30)6-5-17-13-29(27-21(17)20)12-15-3-2-4-18(25)11-15/h2-4,11,13,16H,5-10,12H2,1H3,(H2,26,30). The first-order chi connectivity index (χ1) is 15.4. The van der Waals surface area contributed by atoms with Crippen LogP contribution in [-0.2, 0) is 24.2 Å². The summed E-state index contributed by atoms with van der Waals surface area (Å²) < 4.78 is 8.00. The highest BCUT2D eigenvalue weighted by Crippen LogP contribution is 2.39. The summed E-state index contributed by atoms with van der Waals surface area (Å²) in [6.07, 6.45) is 4.82. The van der Waals surface area contributed by atoms with Gasteiger partial charge in [0.1, 0.15) is 5.76 Å². The highest BCUT2D eigenvalue weighted by molar-refractivity contribution is 6.30. The predicted molar refractivity (Wildman–Crippen MR) is 120 cm³/mol. The fraction of sp³-hybridized carbons (Fsp3) is 0.375. The molecule has 2 aliphatic rings. The van der Waals surface area contributed by atoms with Crippen LogP contribution in [0.15, 0.2) is 34.9 Å². The minimum atomic E-state index is -0.289. The third-order valence-electron chi connectivity index (χ3n) is 6.53. The molecule has 7 nitrogen and oxygen atoms in total. The number of nitrogens with zero attached hydrogens (tertiary/aromatic N) is 3. The highest BCUT2D eigenvalue weighted by Gasteiger charge is 2.33. The maximum atomic E-state index is 13.2. The number of carbonyl (C=O) groups is 2. The molecule has 1 fully saturated rings. The summed E-state index contributed by atoms with van der Waals surface area (Å²) in [4.78, 5) is 26.4. The number of benzene rings is 1. The molecule has 0 bridgehead atoms. The topological polar surface area (TPSA) is 94.4 Å². The van der Waals surface area contributed by atoms with Crippen molar-refractivity contribution in [1.82, 2.24) is 14.7 Å². The lowest BCUT2D eigenvalue weighted by Gasteiger charge is -2.30. The molecule has 5 rings (SSSR count). The number of rotatable bonds is 4. The van der Waals surface area contributed by atoms with E-state index in [1.807, 2.05) is 35.9 Å². The first kappa shape index (κ1) is 20.8. The summed E-state index contributed by atoms with van der Waals surface area (Å²) >= 11 is 6.12. The van der Waals surface area contributed by atoms with Crippen molar-refractivity contribution in [2.75, 3.05) is 13.1 Å². The quantitative estimate of drug-likeness (QED) is 0.654.